The molecule has 3 rings (SSSR count). The van der Waals surface area contributed by atoms with Crippen LogP contribution in [0.1, 0.15) is 49.5 Å². The first-order valence-electron chi connectivity index (χ1n) is 9.70. The summed E-state index contributed by atoms with van der Waals surface area (Å²) in [6, 6.07) is 14.9. The van der Waals surface area contributed by atoms with Gasteiger partial charge in [0, 0.05) is 29.4 Å². The Balaban J connectivity index is 1.62. The van der Waals surface area contributed by atoms with Gasteiger partial charge in [-0.1, -0.05) is 44.5 Å². The second-order valence-electron chi connectivity index (χ2n) is 8.41. The molecule has 0 spiro atoms. The summed E-state index contributed by atoms with van der Waals surface area (Å²) in [4.78, 5) is 27.2. The molecule has 2 aromatic carbocycles. The van der Waals surface area contributed by atoms with Gasteiger partial charge in [-0.25, -0.2) is 0 Å². The van der Waals surface area contributed by atoms with E-state index in [-0.39, 0.29) is 23.1 Å². The quantitative estimate of drug-likeness (QED) is 0.779. The molecule has 2 amide bonds. The third kappa shape index (κ3) is 4.93. The number of halogens is 1. The second kappa shape index (κ2) is 8.36. The molecule has 1 heterocycles. The lowest BCUT2D eigenvalue weighted by Gasteiger charge is -2.32. The maximum Gasteiger partial charge on any atom is 0.253 e. The summed E-state index contributed by atoms with van der Waals surface area (Å²) < 4.78 is 0. The monoisotopic (exact) mass is 398 g/mol. The van der Waals surface area contributed by atoms with Crippen LogP contribution in [-0.2, 0) is 10.2 Å². The molecule has 0 bridgehead atoms. The molecule has 0 aliphatic carbocycles. The van der Waals surface area contributed by atoms with Crippen LogP contribution in [0.25, 0.3) is 0 Å². The summed E-state index contributed by atoms with van der Waals surface area (Å²) in [7, 11) is 0. The lowest BCUT2D eigenvalue weighted by Crippen LogP contribution is -2.43. The van der Waals surface area contributed by atoms with Crippen LogP contribution in [0.2, 0.25) is 5.02 Å². The Labute approximate surface area is 171 Å². The van der Waals surface area contributed by atoms with Crippen molar-refractivity contribution < 1.29 is 9.59 Å². The van der Waals surface area contributed by atoms with Gasteiger partial charge < -0.3 is 10.2 Å². The van der Waals surface area contributed by atoms with E-state index < -0.39 is 0 Å². The fourth-order valence-corrected chi connectivity index (χ4v) is 3.57. The molecule has 1 fully saturated rings. The molecule has 0 unspecified atom stereocenters. The summed E-state index contributed by atoms with van der Waals surface area (Å²) in [6.07, 6.45) is 1.61. The molecule has 1 aliphatic rings. The molecular weight excluding hydrogens is 372 g/mol. The fraction of sp³-hybridized carbons (Fsp3) is 0.391. The highest BCUT2D eigenvalue weighted by Crippen LogP contribution is 2.25. The van der Waals surface area contributed by atoms with E-state index in [0.717, 1.165) is 18.5 Å². The van der Waals surface area contributed by atoms with Gasteiger partial charge in [0.1, 0.15) is 0 Å². The van der Waals surface area contributed by atoms with Crippen molar-refractivity contribution in [2.24, 2.45) is 5.92 Å². The minimum absolute atomic E-state index is 0.0304. The number of carbonyl (C=O) groups excluding carboxylic acids is 2. The Morgan fingerprint density at radius 1 is 1.04 bits per heavy atom. The second-order valence-corrected chi connectivity index (χ2v) is 8.85. The van der Waals surface area contributed by atoms with Crippen LogP contribution < -0.4 is 5.32 Å². The molecule has 0 radical (unpaired) electrons. The van der Waals surface area contributed by atoms with Gasteiger partial charge in [-0.05, 0) is 60.2 Å². The van der Waals surface area contributed by atoms with Crippen LogP contribution in [-0.4, -0.2) is 29.8 Å². The van der Waals surface area contributed by atoms with Gasteiger partial charge in [-0.15, -0.1) is 0 Å². The highest BCUT2D eigenvalue weighted by molar-refractivity contribution is 6.30. The van der Waals surface area contributed by atoms with E-state index in [0.29, 0.717) is 23.7 Å². The molecule has 148 valence electrons. The van der Waals surface area contributed by atoms with E-state index in [1.54, 1.807) is 29.2 Å². The van der Waals surface area contributed by atoms with Gasteiger partial charge in [-0.3, -0.25) is 9.59 Å². The van der Waals surface area contributed by atoms with Crippen LogP contribution in [0, 0.1) is 5.92 Å². The van der Waals surface area contributed by atoms with E-state index in [2.05, 4.69) is 26.1 Å². The Bertz CT molecular complexity index is 838. The minimum atomic E-state index is -0.202. The Kier molecular flexibility index (Phi) is 6.09. The number of nitrogens with zero attached hydrogens (tertiary/aromatic N) is 1. The number of rotatable bonds is 3. The predicted octanol–water partition coefficient (Wildman–Crippen LogP) is 5.13. The molecule has 1 aliphatic heterocycles. The number of benzene rings is 2. The normalized spacial score (nSPS) is 17.3. The summed E-state index contributed by atoms with van der Waals surface area (Å²) in [5.74, 6) is -0.284. The average molecular weight is 399 g/mol. The zero-order valence-electron chi connectivity index (χ0n) is 16.7. The molecule has 4 nitrogen and oxygen atoms in total. The Morgan fingerprint density at radius 3 is 2.29 bits per heavy atom. The summed E-state index contributed by atoms with van der Waals surface area (Å²) in [5.41, 5.74) is 2.69. The van der Waals surface area contributed by atoms with Crippen molar-refractivity contribution >= 4 is 29.1 Å². The molecule has 2 aromatic rings. The SMILES string of the molecule is CC(C)(C)c1ccc(NC(=O)[C@H]2CCCN(C(=O)c3ccc(Cl)cc3)C2)cc1. The van der Waals surface area contributed by atoms with Crippen molar-refractivity contribution in [2.45, 2.75) is 39.0 Å². The number of amides is 2. The first-order chi connectivity index (χ1) is 13.2. The van der Waals surface area contributed by atoms with E-state index in [1.165, 1.54) is 5.56 Å². The van der Waals surface area contributed by atoms with Crippen molar-refractivity contribution in [2.75, 3.05) is 18.4 Å². The summed E-state index contributed by atoms with van der Waals surface area (Å²) >= 11 is 5.90. The highest BCUT2D eigenvalue weighted by atomic mass is 35.5. The number of hydrogen-bond acceptors (Lipinski definition) is 2. The van der Waals surface area contributed by atoms with Crippen molar-refractivity contribution in [3.63, 3.8) is 0 Å². The van der Waals surface area contributed by atoms with Gasteiger partial charge in [-0.2, -0.15) is 0 Å². The first-order valence-corrected chi connectivity index (χ1v) is 10.1. The van der Waals surface area contributed by atoms with Crippen molar-refractivity contribution in [1.29, 1.82) is 0 Å². The molecule has 28 heavy (non-hydrogen) atoms. The number of nitrogens with one attached hydrogen (secondary N) is 1. The average Bonchev–Trinajstić information content (AvgIpc) is 2.68. The zero-order chi connectivity index (χ0) is 20.3. The molecule has 5 heteroatoms. The molecule has 0 aromatic heterocycles. The standard InChI is InChI=1S/C23H27ClN2O2/c1-23(2,3)18-8-12-20(13-9-18)25-21(27)17-5-4-14-26(15-17)22(28)16-6-10-19(24)11-7-16/h6-13,17H,4-5,14-15H2,1-3H3,(H,25,27)/t17-/m0/s1. The van der Waals surface area contributed by atoms with Gasteiger partial charge >= 0.3 is 0 Å². The van der Waals surface area contributed by atoms with Crippen LogP contribution in [0.3, 0.4) is 0 Å². The third-order valence-electron chi connectivity index (χ3n) is 5.19. The topological polar surface area (TPSA) is 49.4 Å². The predicted molar refractivity (Wildman–Crippen MR) is 114 cm³/mol. The number of anilines is 1. The molecule has 0 saturated carbocycles. The molecule has 1 atom stereocenters. The maximum absolute atomic E-state index is 12.7. The number of likely N-dealkylation sites (tertiary alicyclic amines) is 1. The molecule has 1 saturated heterocycles. The zero-order valence-corrected chi connectivity index (χ0v) is 17.4. The lowest BCUT2D eigenvalue weighted by molar-refractivity contribution is -0.121. The van der Waals surface area contributed by atoms with E-state index in [1.807, 2.05) is 24.3 Å². The van der Waals surface area contributed by atoms with Crippen LogP contribution >= 0.6 is 11.6 Å². The number of hydrogen-bond donors (Lipinski definition) is 1. The molecule has 1 N–H and O–H groups in total. The summed E-state index contributed by atoms with van der Waals surface area (Å²) in [5, 5.41) is 3.60. The smallest absolute Gasteiger partial charge is 0.253 e. The molecular formula is C23H27ClN2O2. The number of carbonyl (C=O) groups is 2. The van der Waals surface area contributed by atoms with E-state index in [4.69, 9.17) is 11.6 Å². The van der Waals surface area contributed by atoms with Crippen LogP contribution in [0.4, 0.5) is 5.69 Å². The van der Waals surface area contributed by atoms with Gasteiger partial charge in [0.05, 0.1) is 5.92 Å². The van der Waals surface area contributed by atoms with Crippen LogP contribution in [0.5, 0.6) is 0 Å². The number of piperidine rings is 1. The minimum Gasteiger partial charge on any atom is -0.338 e. The van der Waals surface area contributed by atoms with Crippen molar-refractivity contribution in [1.82, 2.24) is 4.90 Å². The van der Waals surface area contributed by atoms with Gasteiger partial charge in [0.15, 0.2) is 0 Å². The summed E-state index contributed by atoms with van der Waals surface area (Å²) in [6.45, 7) is 7.59. The Hall–Kier alpha value is -2.33. The van der Waals surface area contributed by atoms with E-state index in [9.17, 15) is 9.59 Å². The first kappa shape index (κ1) is 20.4. The van der Waals surface area contributed by atoms with Crippen molar-refractivity contribution in [3.05, 3.63) is 64.7 Å². The van der Waals surface area contributed by atoms with Crippen molar-refractivity contribution in [3.8, 4) is 0 Å². The lowest BCUT2D eigenvalue weighted by atomic mass is 9.87. The Morgan fingerprint density at radius 2 is 1.68 bits per heavy atom. The highest BCUT2D eigenvalue weighted by Gasteiger charge is 2.29. The fourth-order valence-electron chi connectivity index (χ4n) is 3.45. The maximum atomic E-state index is 12.7. The van der Waals surface area contributed by atoms with Crippen LogP contribution in [0.15, 0.2) is 48.5 Å². The largest absolute Gasteiger partial charge is 0.338 e. The van der Waals surface area contributed by atoms with Gasteiger partial charge in [0.2, 0.25) is 5.91 Å². The third-order valence-corrected chi connectivity index (χ3v) is 5.44. The van der Waals surface area contributed by atoms with Gasteiger partial charge in [0.25, 0.3) is 5.91 Å². The van der Waals surface area contributed by atoms with E-state index >= 15 is 0 Å².